The number of nitrogens with one attached hydrogen (secondary N) is 3. The molecule has 28 heavy (non-hydrogen) atoms. The van der Waals surface area contributed by atoms with E-state index in [1.165, 1.54) is 10.8 Å². The summed E-state index contributed by atoms with van der Waals surface area (Å²) < 4.78 is 7.19. The van der Waals surface area contributed by atoms with E-state index in [-0.39, 0.29) is 23.6 Å². The quantitative estimate of drug-likeness (QED) is 0.538. The zero-order chi connectivity index (χ0) is 21.3. The highest BCUT2D eigenvalue weighted by atomic mass is 32.1. The standard InChI is InChI=1S/C19H32N4O4S/c1-11-8-23(17(26)21-15(11)25)14-7-12(13(9-24)27-14)20-16(28)22-19(5,6)10-18(2,3)4/h8,12-14,24H,7,9-10H2,1-6H3,(H2,20,22,28)(H,21,25,26)/t12?,13-,14-/m1/s1. The summed E-state index contributed by atoms with van der Waals surface area (Å²) in [6.07, 6.45) is 1.71. The SMILES string of the molecule is Cc1cn([C@H]2CC(NC(=S)NC(C)(C)CC(C)(C)C)[C@@H](CO)O2)c(=O)[nH]c1=O. The van der Waals surface area contributed by atoms with Crippen LogP contribution in [0.4, 0.5) is 0 Å². The summed E-state index contributed by atoms with van der Waals surface area (Å²) >= 11 is 5.47. The molecular weight excluding hydrogens is 380 g/mol. The number of ether oxygens (including phenoxy) is 1. The summed E-state index contributed by atoms with van der Waals surface area (Å²) in [5.41, 5.74) is -0.599. The van der Waals surface area contributed by atoms with Gasteiger partial charge in [0.15, 0.2) is 5.11 Å². The molecule has 0 bridgehead atoms. The van der Waals surface area contributed by atoms with E-state index < -0.39 is 23.6 Å². The lowest BCUT2D eigenvalue weighted by Gasteiger charge is -2.35. The Morgan fingerprint density at radius 3 is 2.57 bits per heavy atom. The average molecular weight is 413 g/mol. The molecule has 0 spiro atoms. The minimum atomic E-state index is -0.594. The smallest absolute Gasteiger partial charge is 0.330 e. The van der Waals surface area contributed by atoms with Crippen molar-refractivity contribution < 1.29 is 9.84 Å². The second-order valence-electron chi connectivity index (χ2n) is 9.35. The molecule has 9 heteroatoms. The van der Waals surface area contributed by atoms with E-state index in [1.807, 2.05) is 0 Å². The van der Waals surface area contributed by atoms with Crippen LogP contribution in [-0.4, -0.2) is 44.1 Å². The number of thiocarbonyl (C=S) groups is 1. The summed E-state index contributed by atoms with van der Waals surface area (Å²) in [7, 11) is 0. The van der Waals surface area contributed by atoms with Crippen LogP contribution in [0.15, 0.2) is 15.8 Å². The third-order valence-electron chi connectivity index (χ3n) is 4.61. The van der Waals surface area contributed by atoms with Gasteiger partial charge in [0.05, 0.1) is 12.6 Å². The van der Waals surface area contributed by atoms with Gasteiger partial charge in [-0.05, 0) is 44.8 Å². The van der Waals surface area contributed by atoms with Gasteiger partial charge in [-0.3, -0.25) is 14.3 Å². The Morgan fingerprint density at radius 2 is 2.00 bits per heavy atom. The summed E-state index contributed by atoms with van der Waals surface area (Å²) in [5, 5.41) is 16.7. The molecule has 8 nitrogen and oxygen atoms in total. The Kier molecular flexibility index (Phi) is 6.73. The summed E-state index contributed by atoms with van der Waals surface area (Å²) in [6.45, 7) is 12.1. The van der Waals surface area contributed by atoms with Crippen LogP contribution in [0, 0.1) is 12.3 Å². The molecule has 1 unspecified atom stereocenters. The van der Waals surface area contributed by atoms with E-state index in [4.69, 9.17) is 17.0 Å². The minimum absolute atomic E-state index is 0.143. The highest BCUT2D eigenvalue weighted by Crippen LogP contribution is 2.29. The monoisotopic (exact) mass is 412 g/mol. The first-order valence-electron chi connectivity index (χ1n) is 9.48. The van der Waals surface area contributed by atoms with Crippen LogP contribution in [0.25, 0.3) is 0 Å². The number of aromatic amines is 1. The number of hydrogen-bond acceptors (Lipinski definition) is 5. The molecule has 158 valence electrons. The molecule has 1 aliphatic rings. The Hall–Kier alpha value is -1.71. The molecule has 0 radical (unpaired) electrons. The molecular formula is C19H32N4O4S. The summed E-state index contributed by atoms with van der Waals surface area (Å²) in [4.78, 5) is 26.0. The second kappa shape index (κ2) is 8.34. The van der Waals surface area contributed by atoms with Crippen molar-refractivity contribution in [2.24, 2.45) is 5.41 Å². The van der Waals surface area contributed by atoms with Crippen LogP contribution >= 0.6 is 12.2 Å². The van der Waals surface area contributed by atoms with Gasteiger partial charge in [-0.1, -0.05) is 20.8 Å². The fourth-order valence-corrected chi connectivity index (χ4v) is 4.33. The van der Waals surface area contributed by atoms with E-state index in [0.29, 0.717) is 17.1 Å². The molecule has 2 heterocycles. The third-order valence-corrected chi connectivity index (χ3v) is 4.83. The largest absolute Gasteiger partial charge is 0.394 e. The van der Waals surface area contributed by atoms with E-state index in [0.717, 1.165) is 6.42 Å². The fourth-order valence-electron chi connectivity index (χ4n) is 3.90. The molecule has 1 fully saturated rings. The number of rotatable bonds is 5. The van der Waals surface area contributed by atoms with Crippen LogP contribution in [0.5, 0.6) is 0 Å². The highest BCUT2D eigenvalue weighted by molar-refractivity contribution is 7.80. The van der Waals surface area contributed by atoms with Gasteiger partial charge in [0.1, 0.15) is 12.3 Å². The second-order valence-corrected chi connectivity index (χ2v) is 9.76. The maximum atomic E-state index is 12.1. The molecule has 1 aliphatic heterocycles. The Morgan fingerprint density at radius 1 is 1.36 bits per heavy atom. The molecule has 0 aromatic carbocycles. The lowest BCUT2D eigenvalue weighted by molar-refractivity contribution is -0.0282. The number of aliphatic hydroxyl groups excluding tert-OH is 1. The fraction of sp³-hybridized carbons (Fsp3) is 0.737. The number of aryl methyl sites for hydroxylation is 1. The van der Waals surface area contributed by atoms with Gasteiger partial charge in [-0.15, -0.1) is 0 Å². The predicted molar refractivity (Wildman–Crippen MR) is 112 cm³/mol. The number of aliphatic hydroxyl groups is 1. The number of nitrogens with zero attached hydrogens (tertiary/aromatic N) is 1. The molecule has 1 aromatic rings. The molecule has 0 saturated carbocycles. The van der Waals surface area contributed by atoms with Crippen molar-refractivity contribution in [2.75, 3.05) is 6.61 Å². The lowest BCUT2D eigenvalue weighted by atomic mass is 9.82. The van der Waals surface area contributed by atoms with Crippen LogP contribution < -0.4 is 21.9 Å². The molecule has 0 amide bonds. The van der Waals surface area contributed by atoms with Crippen molar-refractivity contribution in [1.82, 2.24) is 20.2 Å². The number of hydrogen-bond donors (Lipinski definition) is 4. The Labute approximate surface area is 170 Å². The maximum absolute atomic E-state index is 12.1. The normalized spacial score (nSPS) is 22.9. The molecule has 1 saturated heterocycles. The van der Waals surface area contributed by atoms with Crippen molar-refractivity contribution in [2.45, 2.75) is 78.3 Å². The molecule has 4 N–H and O–H groups in total. The Bertz CT molecular complexity index is 824. The average Bonchev–Trinajstić information content (AvgIpc) is 2.90. The molecule has 0 aliphatic carbocycles. The number of H-pyrrole nitrogens is 1. The molecule has 1 aromatic heterocycles. The summed E-state index contributed by atoms with van der Waals surface area (Å²) in [6, 6.07) is -0.264. The van der Waals surface area contributed by atoms with Gasteiger partial charge < -0.3 is 20.5 Å². The lowest BCUT2D eigenvalue weighted by Crippen LogP contribution is -2.53. The molecule has 2 rings (SSSR count). The number of aromatic nitrogens is 2. The zero-order valence-corrected chi connectivity index (χ0v) is 18.3. The third kappa shape index (κ3) is 5.89. The van der Waals surface area contributed by atoms with Gasteiger partial charge in [0.2, 0.25) is 0 Å². The first-order chi connectivity index (χ1) is 12.8. The Balaban J connectivity index is 2.08. The minimum Gasteiger partial charge on any atom is -0.394 e. The van der Waals surface area contributed by atoms with E-state index in [1.54, 1.807) is 6.92 Å². The van der Waals surface area contributed by atoms with Crippen molar-refractivity contribution in [3.05, 3.63) is 32.6 Å². The highest BCUT2D eigenvalue weighted by Gasteiger charge is 2.37. The van der Waals surface area contributed by atoms with Gasteiger partial charge in [-0.25, -0.2) is 4.79 Å². The van der Waals surface area contributed by atoms with Gasteiger partial charge >= 0.3 is 5.69 Å². The van der Waals surface area contributed by atoms with Crippen LogP contribution in [0.2, 0.25) is 0 Å². The van der Waals surface area contributed by atoms with Crippen molar-refractivity contribution in [3.63, 3.8) is 0 Å². The first-order valence-corrected chi connectivity index (χ1v) is 9.89. The van der Waals surface area contributed by atoms with Gasteiger partial charge in [0, 0.05) is 23.7 Å². The van der Waals surface area contributed by atoms with Crippen LogP contribution in [-0.2, 0) is 4.74 Å². The predicted octanol–water partition coefficient (Wildman–Crippen LogP) is 1.17. The van der Waals surface area contributed by atoms with Crippen molar-refractivity contribution >= 4 is 17.3 Å². The van der Waals surface area contributed by atoms with Crippen LogP contribution in [0.1, 0.15) is 59.3 Å². The van der Waals surface area contributed by atoms with Crippen molar-refractivity contribution in [1.29, 1.82) is 0 Å². The first kappa shape index (κ1) is 22.6. The van der Waals surface area contributed by atoms with E-state index >= 15 is 0 Å². The van der Waals surface area contributed by atoms with Crippen molar-refractivity contribution in [3.8, 4) is 0 Å². The maximum Gasteiger partial charge on any atom is 0.330 e. The summed E-state index contributed by atoms with van der Waals surface area (Å²) in [5.74, 6) is 0. The van der Waals surface area contributed by atoms with Crippen LogP contribution in [0.3, 0.4) is 0 Å². The zero-order valence-electron chi connectivity index (χ0n) is 17.5. The van der Waals surface area contributed by atoms with E-state index in [9.17, 15) is 14.7 Å². The molecule has 3 atom stereocenters. The topological polar surface area (TPSA) is 108 Å². The van der Waals surface area contributed by atoms with Gasteiger partial charge in [-0.2, -0.15) is 0 Å². The van der Waals surface area contributed by atoms with E-state index in [2.05, 4.69) is 50.2 Å². The van der Waals surface area contributed by atoms with Gasteiger partial charge in [0.25, 0.3) is 5.56 Å².